The molecular formula is C47H46N2. The van der Waals surface area contributed by atoms with Gasteiger partial charge < -0.3 is 9.13 Å². The molecule has 0 fully saturated rings. The van der Waals surface area contributed by atoms with Gasteiger partial charge in [0, 0.05) is 45.2 Å². The van der Waals surface area contributed by atoms with Crippen molar-refractivity contribution in [3.63, 3.8) is 0 Å². The number of hydrogen-bond acceptors (Lipinski definition) is 0. The van der Waals surface area contributed by atoms with Gasteiger partial charge in [-0.3, -0.25) is 0 Å². The summed E-state index contributed by atoms with van der Waals surface area (Å²) in [6, 6.07) is 41.2. The van der Waals surface area contributed by atoms with Crippen molar-refractivity contribution >= 4 is 38.8 Å². The van der Waals surface area contributed by atoms with Crippen LogP contribution in [0.1, 0.15) is 76.8 Å². The maximum absolute atomic E-state index is 2.47. The lowest BCUT2D eigenvalue weighted by Crippen LogP contribution is -2.15. The number of para-hydroxylation sites is 1. The van der Waals surface area contributed by atoms with Crippen LogP contribution in [-0.4, -0.2) is 9.13 Å². The molecule has 0 bridgehead atoms. The van der Waals surface area contributed by atoms with Crippen LogP contribution in [0.2, 0.25) is 0 Å². The summed E-state index contributed by atoms with van der Waals surface area (Å²) >= 11 is 0. The van der Waals surface area contributed by atoms with Crippen LogP contribution in [0, 0.1) is 0 Å². The van der Waals surface area contributed by atoms with Crippen molar-refractivity contribution in [2.24, 2.45) is 0 Å². The normalized spacial score (nSPS) is 13.4. The first kappa shape index (κ1) is 31.2. The number of benzene rings is 5. The van der Waals surface area contributed by atoms with Gasteiger partial charge in [0.05, 0.1) is 16.6 Å². The Morgan fingerprint density at radius 2 is 1.06 bits per heavy atom. The zero-order valence-electron chi connectivity index (χ0n) is 29.7. The van der Waals surface area contributed by atoms with E-state index in [2.05, 4.69) is 184 Å². The predicted octanol–water partition coefficient (Wildman–Crippen LogP) is 12.9. The topological polar surface area (TPSA) is 9.86 Å². The van der Waals surface area contributed by atoms with E-state index in [-0.39, 0.29) is 10.8 Å². The lowest BCUT2D eigenvalue weighted by Gasteiger charge is -2.23. The van der Waals surface area contributed by atoms with Crippen molar-refractivity contribution in [3.05, 3.63) is 150 Å². The highest BCUT2D eigenvalue weighted by Crippen LogP contribution is 2.39. The number of allylic oxidation sites excluding steroid dienone is 3. The Morgan fingerprint density at radius 3 is 1.67 bits per heavy atom. The molecular weight excluding hydrogens is 593 g/mol. The fourth-order valence-corrected chi connectivity index (χ4v) is 7.57. The molecule has 0 spiro atoms. The maximum Gasteiger partial charge on any atom is 0.0541 e. The van der Waals surface area contributed by atoms with Crippen LogP contribution in [0.5, 0.6) is 0 Å². The van der Waals surface area contributed by atoms with Crippen molar-refractivity contribution in [1.29, 1.82) is 0 Å². The summed E-state index contributed by atoms with van der Waals surface area (Å²) in [5.41, 5.74) is 14.4. The molecule has 7 aromatic rings. The lowest BCUT2D eigenvalue weighted by atomic mass is 9.81. The maximum atomic E-state index is 2.47. The van der Waals surface area contributed by atoms with E-state index in [9.17, 15) is 0 Å². The van der Waals surface area contributed by atoms with Crippen LogP contribution >= 0.6 is 0 Å². The van der Waals surface area contributed by atoms with E-state index in [0.29, 0.717) is 0 Å². The molecule has 2 aromatic heterocycles. The highest BCUT2D eigenvalue weighted by atomic mass is 15.0. The van der Waals surface area contributed by atoms with E-state index >= 15 is 0 Å². The number of aromatic nitrogens is 2. The minimum atomic E-state index is 0.143. The van der Waals surface area contributed by atoms with Gasteiger partial charge in [0.1, 0.15) is 0 Å². The van der Waals surface area contributed by atoms with Crippen LogP contribution in [0.15, 0.2) is 127 Å². The molecule has 0 saturated carbocycles. The SMILES string of the molecule is CCC(C)(C)c1ccc2c(c1)c1c(n2-c2ccc(-c3ccc(-n4c5ccccc5c5cc(C(C)(C)CC)ccc54)cc3)cc2)CC=CC=C1. The van der Waals surface area contributed by atoms with E-state index in [1.807, 2.05) is 0 Å². The quantitative estimate of drug-likeness (QED) is 0.164. The van der Waals surface area contributed by atoms with Gasteiger partial charge in [-0.05, 0) is 101 Å². The zero-order valence-corrected chi connectivity index (χ0v) is 29.7. The van der Waals surface area contributed by atoms with E-state index in [0.717, 1.165) is 19.3 Å². The monoisotopic (exact) mass is 638 g/mol. The zero-order chi connectivity index (χ0) is 33.9. The van der Waals surface area contributed by atoms with Crippen LogP contribution < -0.4 is 0 Å². The van der Waals surface area contributed by atoms with E-state index in [1.165, 1.54) is 77.6 Å². The molecule has 0 saturated heterocycles. The second kappa shape index (κ2) is 11.8. The minimum Gasteiger partial charge on any atom is -0.313 e. The van der Waals surface area contributed by atoms with Gasteiger partial charge in [-0.15, -0.1) is 0 Å². The third kappa shape index (κ3) is 5.17. The Labute approximate surface area is 291 Å². The molecule has 0 atom stereocenters. The first-order valence-electron chi connectivity index (χ1n) is 18.0. The van der Waals surface area contributed by atoms with Gasteiger partial charge >= 0.3 is 0 Å². The number of fused-ring (bicyclic) bond motifs is 6. The number of rotatable bonds is 7. The number of hydrogen-bond donors (Lipinski definition) is 0. The second-order valence-electron chi connectivity index (χ2n) is 15.1. The fraction of sp³-hybridized carbons (Fsp3) is 0.234. The van der Waals surface area contributed by atoms with E-state index in [1.54, 1.807) is 0 Å². The fourth-order valence-electron chi connectivity index (χ4n) is 7.57. The molecule has 0 radical (unpaired) electrons. The molecule has 0 amide bonds. The van der Waals surface area contributed by atoms with Crippen molar-refractivity contribution in [1.82, 2.24) is 9.13 Å². The Bertz CT molecular complexity index is 2400. The molecule has 49 heavy (non-hydrogen) atoms. The smallest absolute Gasteiger partial charge is 0.0541 e. The Hall–Kier alpha value is -5.08. The first-order chi connectivity index (χ1) is 23.7. The van der Waals surface area contributed by atoms with E-state index < -0.39 is 0 Å². The summed E-state index contributed by atoms with van der Waals surface area (Å²) in [7, 11) is 0. The third-order valence-corrected chi connectivity index (χ3v) is 11.5. The minimum absolute atomic E-state index is 0.143. The largest absolute Gasteiger partial charge is 0.313 e. The summed E-state index contributed by atoms with van der Waals surface area (Å²) in [6.07, 6.45) is 12.0. The molecule has 8 rings (SSSR count). The molecule has 1 aliphatic carbocycles. The Balaban J connectivity index is 1.16. The van der Waals surface area contributed by atoms with Gasteiger partial charge in [-0.25, -0.2) is 0 Å². The molecule has 1 aliphatic rings. The van der Waals surface area contributed by atoms with Gasteiger partial charge in [0.15, 0.2) is 0 Å². The summed E-state index contributed by atoms with van der Waals surface area (Å²) in [6.45, 7) is 13.9. The summed E-state index contributed by atoms with van der Waals surface area (Å²) in [5, 5.41) is 3.96. The second-order valence-corrected chi connectivity index (χ2v) is 15.1. The molecule has 5 aromatic carbocycles. The van der Waals surface area contributed by atoms with Gasteiger partial charge in [-0.2, -0.15) is 0 Å². The number of nitrogens with zero attached hydrogens (tertiary/aromatic N) is 2. The molecule has 2 heteroatoms. The van der Waals surface area contributed by atoms with Gasteiger partial charge in [-0.1, -0.05) is 120 Å². The third-order valence-electron chi connectivity index (χ3n) is 11.5. The van der Waals surface area contributed by atoms with Crippen LogP contribution in [-0.2, 0) is 17.3 Å². The van der Waals surface area contributed by atoms with Crippen LogP contribution in [0.25, 0.3) is 61.3 Å². The average Bonchev–Trinajstić information content (AvgIpc) is 3.51. The van der Waals surface area contributed by atoms with Crippen LogP contribution in [0.3, 0.4) is 0 Å². The van der Waals surface area contributed by atoms with Crippen molar-refractivity contribution < 1.29 is 0 Å². The molecule has 244 valence electrons. The van der Waals surface area contributed by atoms with E-state index in [4.69, 9.17) is 0 Å². The van der Waals surface area contributed by atoms with Crippen molar-refractivity contribution in [2.45, 2.75) is 71.6 Å². The molecule has 2 nitrogen and oxygen atoms in total. The molecule has 0 N–H and O–H groups in total. The molecule has 0 unspecified atom stereocenters. The Morgan fingerprint density at radius 1 is 0.531 bits per heavy atom. The van der Waals surface area contributed by atoms with Crippen LogP contribution in [0.4, 0.5) is 0 Å². The Kier molecular flexibility index (Phi) is 7.52. The summed E-state index contributed by atoms with van der Waals surface area (Å²) < 4.78 is 4.88. The lowest BCUT2D eigenvalue weighted by molar-refractivity contribution is 0.507. The van der Waals surface area contributed by atoms with Gasteiger partial charge in [0.25, 0.3) is 0 Å². The average molecular weight is 639 g/mol. The summed E-state index contributed by atoms with van der Waals surface area (Å²) in [5.74, 6) is 0. The van der Waals surface area contributed by atoms with Crippen molar-refractivity contribution in [2.75, 3.05) is 0 Å². The highest BCUT2D eigenvalue weighted by molar-refractivity contribution is 6.09. The summed E-state index contributed by atoms with van der Waals surface area (Å²) in [4.78, 5) is 0. The standard InChI is InChI=1S/C47H46N2/c1-7-46(3,4)34-22-28-44-40(30-34)38-14-10-9-11-16-42(38)48(44)36-24-18-32(19-25-36)33-20-26-37(27-21-33)49-43-17-13-12-15-39(43)41-31-35(23-29-45(41)49)47(5,6)8-2/h9-15,17-31H,7-8,16H2,1-6H3. The highest BCUT2D eigenvalue weighted by Gasteiger charge is 2.23. The predicted molar refractivity (Wildman–Crippen MR) is 212 cm³/mol. The van der Waals surface area contributed by atoms with Crippen molar-refractivity contribution in [3.8, 4) is 22.5 Å². The van der Waals surface area contributed by atoms with Gasteiger partial charge in [0.2, 0.25) is 0 Å². The first-order valence-corrected chi connectivity index (χ1v) is 18.0. The molecule has 0 aliphatic heterocycles. The molecule has 2 heterocycles.